The Morgan fingerprint density at radius 1 is 1.14 bits per heavy atom. The van der Waals surface area contributed by atoms with Crippen LogP contribution >= 0.6 is 11.8 Å². The number of para-hydroxylation sites is 1. The molecule has 0 atom stereocenters. The van der Waals surface area contributed by atoms with Crippen LogP contribution in [0.4, 0.5) is 10.5 Å². The van der Waals surface area contributed by atoms with E-state index in [1.165, 1.54) is 10.8 Å². The number of nitrogens with one attached hydrogen (secondary N) is 1. The van der Waals surface area contributed by atoms with E-state index in [0.717, 1.165) is 11.8 Å². The van der Waals surface area contributed by atoms with Gasteiger partial charge in [0.2, 0.25) is 16.9 Å². The fourth-order valence-corrected chi connectivity index (χ4v) is 2.97. The number of rotatable bonds is 5. The third kappa shape index (κ3) is 5.01. The van der Waals surface area contributed by atoms with Crippen molar-refractivity contribution >= 4 is 29.4 Å². The van der Waals surface area contributed by atoms with E-state index in [0.29, 0.717) is 11.4 Å². The largest absolute Gasteiger partial charge is 0.461 e. The molecule has 9 heteroatoms. The van der Waals surface area contributed by atoms with Gasteiger partial charge in [-0.05, 0) is 45.0 Å². The third-order valence-corrected chi connectivity index (χ3v) is 4.27. The zero-order valence-electron chi connectivity index (χ0n) is 15.7. The smallest absolute Gasteiger partial charge is 0.422 e. The van der Waals surface area contributed by atoms with Gasteiger partial charge >= 0.3 is 6.09 Å². The lowest BCUT2D eigenvalue weighted by molar-refractivity contribution is -0.113. The average Bonchev–Trinajstić information content (AvgIpc) is 3.28. The summed E-state index contributed by atoms with van der Waals surface area (Å²) < 4.78 is 12.0. The van der Waals surface area contributed by atoms with Gasteiger partial charge in [-0.1, -0.05) is 30.0 Å². The molecule has 0 aliphatic carbocycles. The Morgan fingerprint density at radius 2 is 1.89 bits per heavy atom. The van der Waals surface area contributed by atoms with Crippen LogP contribution in [0, 0.1) is 0 Å². The van der Waals surface area contributed by atoms with E-state index in [4.69, 9.17) is 9.15 Å². The molecule has 3 rings (SSSR count). The van der Waals surface area contributed by atoms with E-state index < -0.39 is 11.7 Å². The maximum absolute atomic E-state index is 12.7. The summed E-state index contributed by atoms with van der Waals surface area (Å²) in [4.78, 5) is 24.9. The first kappa shape index (κ1) is 19.7. The standard InChI is InChI=1S/C19H20N4O4S/c1-19(2,3)27-18(25)23-16(14-10-7-11-26-14)21-22-17(23)28-12-15(24)20-13-8-5-4-6-9-13/h4-11H,12H2,1-3H3,(H,20,24). The highest BCUT2D eigenvalue weighted by atomic mass is 32.2. The molecule has 3 aromatic rings. The van der Waals surface area contributed by atoms with Gasteiger partial charge in [0, 0.05) is 5.69 Å². The van der Waals surface area contributed by atoms with E-state index in [9.17, 15) is 9.59 Å². The third-order valence-electron chi connectivity index (χ3n) is 3.34. The highest BCUT2D eigenvalue weighted by Gasteiger charge is 2.26. The summed E-state index contributed by atoms with van der Waals surface area (Å²) in [6, 6.07) is 12.5. The van der Waals surface area contributed by atoms with Crippen molar-refractivity contribution in [2.75, 3.05) is 11.1 Å². The van der Waals surface area contributed by atoms with Gasteiger partial charge in [-0.2, -0.15) is 0 Å². The Morgan fingerprint density at radius 3 is 2.54 bits per heavy atom. The van der Waals surface area contributed by atoms with Gasteiger partial charge in [0.1, 0.15) is 5.60 Å². The SMILES string of the molecule is CC(C)(C)OC(=O)n1c(SCC(=O)Nc2ccccc2)nnc1-c1ccco1. The van der Waals surface area contributed by atoms with Crippen molar-refractivity contribution in [1.29, 1.82) is 0 Å². The monoisotopic (exact) mass is 400 g/mol. The van der Waals surface area contributed by atoms with Crippen molar-refractivity contribution in [1.82, 2.24) is 14.8 Å². The fourth-order valence-electron chi connectivity index (χ4n) is 2.25. The van der Waals surface area contributed by atoms with E-state index in [1.807, 2.05) is 18.2 Å². The molecule has 1 aromatic carbocycles. The van der Waals surface area contributed by atoms with Gasteiger partial charge in [-0.3, -0.25) is 4.79 Å². The van der Waals surface area contributed by atoms with Crippen molar-refractivity contribution in [3.8, 4) is 11.6 Å². The van der Waals surface area contributed by atoms with Crippen molar-refractivity contribution in [3.05, 3.63) is 48.7 Å². The molecular weight excluding hydrogens is 380 g/mol. The molecule has 0 bridgehead atoms. The molecule has 0 unspecified atom stereocenters. The van der Waals surface area contributed by atoms with Crippen LogP contribution in [0.3, 0.4) is 0 Å². The molecule has 0 aliphatic rings. The summed E-state index contributed by atoms with van der Waals surface area (Å²) in [6.07, 6.45) is 0.832. The maximum atomic E-state index is 12.7. The van der Waals surface area contributed by atoms with Crippen LogP contribution in [0.1, 0.15) is 20.8 Å². The topological polar surface area (TPSA) is 99.2 Å². The number of benzene rings is 1. The van der Waals surface area contributed by atoms with Gasteiger partial charge in [-0.25, -0.2) is 9.36 Å². The maximum Gasteiger partial charge on any atom is 0.422 e. The lowest BCUT2D eigenvalue weighted by Gasteiger charge is -2.20. The summed E-state index contributed by atoms with van der Waals surface area (Å²) in [7, 11) is 0. The first-order valence-electron chi connectivity index (χ1n) is 8.54. The number of hydrogen-bond acceptors (Lipinski definition) is 7. The van der Waals surface area contributed by atoms with Gasteiger partial charge < -0.3 is 14.5 Å². The average molecular weight is 400 g/mol. The molecule has 2 aromatic heterocycles. The summed E-state index contributed by atoms with van der Waals surface area (Å²) in [5, 5.41) is 11.1. The normalized spacial score (nSPS) is 11.2. The number of ether oxygens (including phenoxy) is 1. The summed E-state index contributed by atoms with van der Waals surface area (Å²) in [6.45, 7) is 5.30. The molecule has 0 saturated heterocycles. The Hall–Kier alpha value is -3.07. The number of carbonyl (C=O) groups excluding carboxylic acids is 2. The van der Waals surface area contributed by atoms with Crippen molar-refractivity contribution in [3.63, 3.8) is 0 Å². The van der Waals surface area contributed by atoms with Crippen LogP contribution in [0.25, 0.3) is 11.6 Å². The highest BCUT2D eigenvalue weighted by molar-refractivity contribution is 7.99. The second kappa shape index (κ2) is 8.30. The van der Waals surface area contributed by atoms with Gasteiger partial charge in [0.15, 0.2) is 5.76 Å². The molecule has 0 saturated carbocycles. The predicted molar refractivity (Wildman–Crippen MR) is 105 cm³/mol. The van der Waals surface area contributed by atoms with Crippen molar-refractivity contribution < 1.29 is 18.7 Å². The Kier molecular flexibility index (Phi) is 5.84. The lowest BCUT2D eigenvalue weighted by Crippen LogP contribution is -2.28. The van der Waals surface area contributed by atoms with Crippen LogP contribution in [0.15, 0.2) is 58.3 Å². The quantitative estimate of drug-likeness (QED) is 0.645. The first-order chi connectivity index (χ1) is 13.3. The second-order valence-corrected chi connectivity index (χ2v) is 7.74. The highest BCUT2D eigenvalue weighted by Crippen LogP contribution is 2.26. The molecule has 0 aliphatic heterocycles. The second-order valence-electron chi connectivity index (χ2n) is 6.80. The molecule has 146 valence electrons. The first-order valence-corrected chi connectivity index (χ1v) is 9.52. The minimum absolute atomic E-state index is 0.0496. The van der Waals surface area contributed by atoms with E-state index in [1.54, 1.807) is 45.0 Å². The molecule has 1 N–H and O–H groups in total. The molecule has 1 amide bonds. The van der Waals surface area contributed by atoms with Crippen LogP contribution in [0.2, 0.25) is 0 Å². The van der Waals surface area contributed by atoms with Crippen LogP contribution in [-0.2, 0) is 9.53 Å². The molecular formula is C19H20N4O4S. The zero-order chi connectivity index (χ0) is 20.1. The number of carbonyl (C=O) groups is 2. The van der Waals surface area contributed by atoms with Crippen LogP contribution < -0.4 is 5.32 Å². The minimum Gasteiger partial charge on any atom is -0.461 e. The van der Waals surface area contributed by atoms with E-state index >= 15 is 0 Å². The molecule has 28 heavy (non-hydrogen) atoms. The Balaban J connectivity index is 1.78. The van der Waals surface area contributed by atoms with Gasteiger partial charge in [0.05, 0.1) is 12.0 Å². The summed E-state index contributed by atoms with van der Waals surface area (Å²) >= 11 is 1.08. The molecule has 0 spiro atoms. The van der Waals surface area contributed by atoms with Gasteiger partial charge in [-0.15, -0.1) is 10.2 Å². The number of aromatic nitrogens is 3. The summed E-state index contributed by atoms with van der Waals surface area (Å²) in [5.74, 6) is 0.409. The van der Waals surface area contributed by atoms with E-state index in [-0.39, 0.29) is 22.6 Å². The Labute approximate surface area is 166 Å². The van der Waals surface area contributed by atoms with E-state index in [2.05, 4.69) is 15.5 Å². The van der Waals surface area contributed by atoms with Gasteiger partial charge in [0.25, 0.3) is 0 Å². The molecule has 0 radical (unpaired) electrons. The predicted octanol–water partition coefficient (Wildman–Crippen LogP) is 4.05. The fraction of sp³-hybridized carbons (Fsp3) is 0.263. The van der Waals surface area contributed by atoms with Crippen molar-refractivity contribution in [2.45, 2.75) is 31.5 Å². The number of hydrogen-bond donors (Lipinski definition) is 1. The Bertz CT molecular complexity index is 946. The summed E-state index contributed by atoms with van der Waals surface area (Å²) in [5.41, 5.74) is -0.00741. The lowest BCUT2D eigenvalue weighted by atomic mass is 10.2. The zero-order valence-corrected chi connectivity index (χ0v) is 16.5. The molecule has 8 nitrogen and oxygen atoms in total. The number of furan rings is 1. The van der Waals surface area contributed by atoms with Crippen LogP contribution in [0.5, 0.6) is 0 Å². The van der Waals surface area contributed by atoms with Crippen molar-refractivity contribution in [2.24, 2.45) is 0 Å². The minimum atomic E-state index is -0.700. The molecule has 2 heterocycles. The number of thioether (sulfide) groups is 1. The number of amides is 1. The van der Waals surface area contributed by atoms with Crippen LogP contribution in [-0.4, -0.2) is 38.1 Å². The number of anilines is 1. The number of nitrogens with zero attached hydrogens (tertiary/aromatic N) is 3. The molecule has 0 fully saturated rings.